The molecule has 6 heteroatoms. The fraction of sp³-hybridized carbons (Fsp3) is 0.500. The van der Waals surface area contributed by atoms with Gasteiger partial charge in [0, 0.05) is 0 Å². The summed E-state index contributed by atoms with van der Waals surface area (Å²) in [5.74, 6) is -0.608. The lowest BCUT2D eigenvalue weighted by molar-refractivity contribution is -0.141. The first kappa shape index (κ1) is 13.8. The van der Waals surface area contributed by atoms with Crippen LogP contribution in [0.4, 0.5) is 0 Å². The third kappa shape index (κ3) is 3.67. The van der Waals surface area contributed by atoms with Crippen molar-refractivity contribution in [3.05, 3.63) is 22.8 Å². The third-order valence-electron chi connectivity index (χ3n) is 1.98. The predicted molar refractivity (Wildman–Crippen MR) is 64.0 cm³/mol. The number of ether oxygens (including phenoxy) is 1. The SMILES string of the molecule is O=C(OCC(O)CCl)C1=C(Cl)C=CCC1Cl. The molecule has 0 fully saturated rings. The highest BCUT2D eigenvalue weighted by molar-refractivity contribution is 6.36. The van der Waals surface area contributed by atoms with E-state index in [1.165, 1.54) is 0 Å². The summed E-state index contributed by atoms with van der Waals surface area (Å²) in [5, 5.41) is 8.92. The van der Waals surface area contributed by atoms with E-state index in [1.807, 2.05) is 0 Å². The van der Waals surface area contributed by atoms with E-state index in [4.69, 9.17) is 44.6 Å². The van der Waals surface area contributed by atoms with E-state index >= 15 is 0 Å². The summed E-state index contributed by atoms with van der Waals surface area (Å²) in [6, 6.07) is 0. The summed E-state index contributed by atoms with van der Waals surface area (Å²) in [5.41, 5.74) is 0.229. The van der Waals surface area contributed by atoms with Crippen molar-refractivity contribution in [2.24, 2.45) is 0 Å². The monoisotopic (exact) mass is 284 g/mol. The van der Waals surface area contributed by atoms with Crippen LogP contribution in [-0.2, 0) is 9.53 Å². The predicted octanol–water partition coefficient (Wildman–Crippen LogP) is 2.19. The molecule has 2 atom stereocenters. The first-order valence-electron chi connectivity index (χ1n) is 4.67. The molecule has 0 aliphatic heterocycles. The van der Waals surface area contributed by atoms with Crippen molar-refractivity contribution in [1.82, 2.24) is 0 Å². The highest BCUT2D eigenvalue weighted by Gasteiger charge is 2.25. The lowest BCUT2D eigenvalue weighted by atomic mass is 10.0. The molecule has 16 heavy (non-hydrogen) atoms. The van der Waals surface area contributed by atoms with Crippen molar-refractivity contribution < 1.29 is 14.6 Å². The van der Waals surface area contributed by atoms with Gasteiger partial charge in [0.05, 0.1) is 21.9 Å². The summed E-state index contributed by atoms with van der Waals surface area (Å²) in [4.78, 5) is 11.6. The normalized spacial score (nSPS) is 22.1. The van der Waals surface area contributed by atoms with Crippen molar-refractivity contribution in [1.29, 1.82) is 0 Å². The summed E-state index contributed by atoms with van der Waals surface area (Å²) in [6.07, 6.45) is 3.04. The summed E-state index contributed by atoms with van der Waals surface area (Å²) in [6.45, 7) is -0.163. The Morgan fingerprint density at radius 3 is 2.94 bits per heavy atom. The third-order valence-corrected chi connectivity index (χ3v) is 3.06. The van der Waals surface area contributed by atoms with Gasteiger partial charge >= 0.3 is 5.97 Å². The first-order valence-corrected chi connectivity index (χ1v) is 6.02. The molecule has 0 bridgehead atoms. The van der Waals surface area contributed by atoms with Crippen LogP contribution in [-0.4, -0.2) is 35.0 Å². The van der Waals surface area contributed by atoms with E-state index in [1.54, 1.807) is 12.2 Å². The maximum atomic E-state index is 11.6. The number of esters is 1. The van der Waals surface area contributed by atoms with Gasteiger partial charge in [0.2, 0.25) is 0 Å². The van der Waals surface area contributed by atoms with E-state index in [9.17, 15) is 4.79 Å². The molecule has 0 aromatic carbocycles. The zero-order valence-electron chi connectivity index (χ0n) is 8.33. The van der Waals surface area contributed by atoms with Crippen LogP contribution in [0.2, 0.25) is 0 Å². The van der Waals surface area contributed by atoms with Crippen LogP contribution in [0, 0.1) is 0 Å². The van der Waals surface area contributed by atoms with Crippen LogP contribution >= 0.6 is 34.8 Å². The Balaban J connectivity index is 2.62. The van der Waals surface area contributed by atoms with Crippen molar-refractivity contribution >= 4 is 40.8 Å². The van der Waals surface area contributed by atoms with Crippen molar-refractivity contribution in [2.45, 2.75) is 17.9 Å². The zero-order valence-corrected chi connectivity index (χ0v) is 10.6. The first-order chi connectivity index (χ1) is 7.56. The van der Waals surface area contributed by atoms with Crippen molar-refractivity contribution in [3.63, 3.8) is 0 Å². The Bertz CT molecular complexity index is 325. The summed E-state index contributed by atoms with van der Waals surface area (Å²) >= 11 is 17.1. The molecular weight excluding hydrogens is 274 g/mol. The second kappa shape index (κ2) is 6.50. The molecule has 2 unspecified atom stereocenters. The number of hydrogen-bond donors (Lipinski definition) is 1. The van der Waals surface area contributed by atoms with Crippen LogP contribution in [0.25, 0.3) is 0 Å². The number of halogens is 3. The zero-order chi connectivity index (χ0) is 12.1. The standard InChI is InChI=1S/C10H11Cl3O3/c11-4-6(14)5-16-10(15)9-7(12)2-1-3-8(9)13/h1-2,6,8,14H,3-5H2. The van der Waals surface area contributed by atoms with E-state index in [0.717, 1.165) is 0 Å². The van der Waals surface area contributed by atoms with E-state index < -0.39 is 17.5 Å². The van der Waals surface area contributed by atoms with Gasteiger partial charge < -0.3 is 9.84 Å². The minimum atomic E-state index is -0.877. The van der Waals surface area contributed by atoms with Crippen molar-refractivity contribution in [3.8, 4) is 0 Å². The molecule has 1 aliphatic rings. The number of alkyl halides is 2. The highest BCUT2D eigenvalue weighted by atomic mass is 35.5. The molecule has 1 aliphatic carbocycles. The van der Waals surface area contributed by atoms with Gasteiger partial charge in [-0.25, -0.2) is 4.79 Å². The maximum Gasteiger partial charge on any atom is 0.337 e. The van der Waals surface area contributed by atoms with E-state index in [-0.39, 0.29) is 23.1 Å². The fourth-order valence-corrected chi connectivity index (χ4v) is 1.92. The molecule has 0 radical (unpaired) electrons. The molecule has 0 spiro atoms. The maximum absolute atomic E-state index is 11.6. The van der Waals surface area contributed by atoms with Gasteiger partial charge in [-0.2, -0.15) is 0 Å². The molecule has 1 N–H and O–H groups in total. The lowest BCUT2D eigenvalue weighted by Gasteiger charge is -2.17. The van der Waals surface area contributed by atoms with E-state index in [2.05, 4.69) is 0 Å². The van der Waals surface area contributed by atoms with Crippen LogP contribution in [0.3, 0.4) is 0 Å². The summed E-state index contributed by atoms with van der Waals surface area (Å²) in [7, 11) is 0. The molecule has 0 heterocycles. The number of hydrogen-bond acceptors (Lipinski definition) is 3. The molecule has 90 valence electrons. The molecule has 3 nitrogen and oxygen atoms in total. The summed E-state index contributed by atoms with van der Waals surface area (Å²) < 4.78 is 4.84. The number of rotatable bonds is 4. The van der Waals surface area contributed by atoms with Gasteiger partial charge in [-0.05, 0) is 12.5 Å². The molecule has 0 amide bonds. The molecule has 0 saturated heterocycles. The van der Waals surface area contributed by atoms with Crippen molar-refractivity contribution in [2.75, 3.05) is 12.5 Å². The van der Waals surface area contributed by atoms with Gasteiger partial charge in [0.25, 0.3) is 0 Å². The average Bonchev–Trinajstić information content (AvgIpc) is 2.25. The largest absolute Gasteiger partial charge is 0.459 e. The Kier molecular flexibility index (Phi) is 5.62. The molecule has 0 saturated carbocycles. The minimum absolute atomic E-state index is 0.00423. The number of carbonyl (C=O) groups is 1. The number of aliphatic hydroxyl groups is 1. The fourth-order valence-electron chi connectivity index (χ4n) is 1.17. The Labute approximate surface area is 109 Å². The number of aliphatic hydroxyl groups excluding tert-OH is 1. The van der Waals surface area contributed by atoms with Gasteiger partial charge in [0.1, 0.15) is 12.7 Å². The van der Waals surface area contributed by atoms with Crippen LogP contribution < -0.4 is 0 Å². The van der Waals surface area contributed by atoms with Gasteiger partial charge in [0.15, 0.2) is 0 Å². The minimum Gasteiger partial charge on any atom is -0.459 e. The quantitative estimate of drug-likeness (QED) is 0.636. The highest BCUT2D eigenvalue weighted by Crippen LogP contribution is 2.27. The second-order valence-electron chi connectivity index (χ2n) is 3.27. The molecule has 0 aromatic heterocycles. The smallest absolute Gasteiger partial charge is 0.337 e. The van der Waals surface area contributed by atoms with E-state index in [0.29, 0.717) is 6.42 Å². The number of carbonyl (C=O) groups excluding carboxylic acids is 1. The van der Waals surface area contributed by atoms with Gasteiger partial charge in [-0.15, -0.1) is 23.2 Å². The van der Waals surface area contributed by atoms with Crippen LogP contribution in [0.15, 0.2) is 22.8 Å². The molecule has 0 aromatic rings. The van der Waals surface area contributed by atoms with Crippen LogP contribution in [0.1, 0.15) is 6.42 Å². The van der Waals surface area contributed by atoms with Gasteiger partial charge in [-0.3, -0.25) is 0 Å². The molecule has 1 rings (SSSR count). The van der Waals surface area contributed by atoms with Crippen LogP contribution in [0.5, 0.6) is 0 Å². The lowest BCUT2D eigenvalue weighted by Crippen LogP contribution is -2.24. The average molecular weight is 286 g/mol. The Morgan fingerprint density at radius 2 is 2.38 bits per heavy atom. The molecular formula is C10H11Cl3O3. The number of allylic oxidation sites excluding steroid dienone is 3. The Morgan fingerprint density at radius 1 is 1.69 bits per heavy atom. The van der Waals surface area contributed by atoms with Gasteiger partial charge in [-0.1, -0.05) is 17.7 Å². The Hall–Kier alpha value is -0.220. The topological polar surface area (TPSA) is 46.5 Å². The second-order valence-corrected chi connectivity index (χ2v) is 4.52.